The zero-order valence-electron chi connectivity index (χ0n) is 11.7. The highest BCUT2D eigenvalue weighted by Crippen LogP contribution is 2.08. The molecule has 0 spiro atoms. The monoisotopic (exact) mass is 257 g/mol. The third kappa shape index (κ3) is 10.1. The molecule has 1 atom stereocenters. The normalized spacial score (nSPS) is 12.1. The lowest BCUT2D eigenvalue weighted by Gasteiger charge is -2.17. The van der Waals surface area contributed by atoms with Crippen molar-refractivity contribution >= 4 is 11.9 Å². The molecule has 0 aliphatic rings. The lowest BCUT2D eigenvalue weighted by Crippen LogP contribution is -2.34. The van der Waals surface area contributed by atoms with Crippen LogP contribution in [0.2, 0.25) is 0 Å². The number of hydrogen-bond acceptors (Lipinski definition) is 2. The van der Waals surface area contributed by atoms with Crippen LogP contribution >= 0.6 is 0 Å². The van der Waals surface area contributed by atoms with Crippen molar-refractivity contribution in [1.82, 2.24) is 5.32 Å². The molecule has 0 rings (SSSR count). The SMILES string of the molecule is CCCCC(CCC)NC(=O)CCCCC(=O)O. The van der Waals surface area contributed by atoms with Crippen LogP contribution < -0.4 is 5.32 Å². The minimum Gasteiger partial charge on any atom is -0.481 e. The topological polar surface area (TPSA) is 66.4 Å². The summed E-state index contributed by atoms with van der Waals surface area (Å²) in [6, 6.07) is 0.293. The molecule has 0 radical (unpaired) electrons. The van der Waals surface area contributed by atoms with Gasteiger partial charge in [0.2, 0.25) is 5.91 Å². The summed E-state index contributed by atoms with van der Waals surface area (Å²) in [7, 11) is 0. The summed E-state index contributed by atoms with van der Waals surface area (Å²) < 4.78 is 0. The molecule has 0 heterocycles. The van der Waals surface area contributed by atoms with E-state index in [1.165, 1.54) is 0 Å². The van der Waals surface area contributed by atoms with Crippen molar-refractivity contribution in [2.75, 3.05) is 0 Å². The summed E-state index contributed by atoms with van der Waals surface area (Å²) in [5, 5.41) is 11.5. The van der Waals surface area contributed by atoms with Crippen LogP contribution in [0, 0.1) is 0 Å². The maximum Gasteiger partial charge on any atom is 0.303 e. The van der Waals surface area contributed by atoms with Gasteiger partial charge in [-0.15, -0.1) is 0 Å². The fraction of sp³-hybridized carbons (Fsp3) is 0.857. The highest BCUT2D eigenvalue weighted by Gasteiger charge is 2.10. The average molecular weight is 257 g/mol. The first kappa shape index (κ1) is 16.9. The second-order valence-electron chi connectivity index (χ2n) is 4.80. The third-order valence-corrected chi connectivity index (χ3v) is 2.95. The molecule has 4 nitrogen and oxygen atoms in total. The molecule has 0 aliphatic heterocycles. The number of carbonyl (C=O) groups excluding carboxylic acids is 1. The fourth-order valence-electron chi connectivity index (χ4n) is 1.95. The number of carbonyl (C=O) groups is 2. The van der Waals surface area contributed by atoms with E-state index in [4.69, 9.17) is 5.11 Å². The minimum absolute atomic E-state index is 0.0648. The molecular formula is C14H27NO3. The highest BCUT2D eigenvalue weighted by molar-refractivity contribution is 5.76. The van der Waals surface area contributed by atoms with E-state index in [9.17, 15) is 9.59 Å². The number of rotatable bonds is 11. The Morgan fingerprint density at radius 1 is 1.00 bits per heavy atom. The second-order valence-corrected chi connectivity index (χ2v) is 4.80. The standard InChI is InChI=1S/C14H27NO3/c1-3-5-9-12(8-4-2)15-13(16)10-6-7-11-14(17)18/h12H,3-11H2,1-2H3,(H,15,16)(H,17,18). The molecule has 0 aromatic carbocycles. The molecular weight excluding hydrogens is 230 g/mol. The van der Waals surface area contributed by atoms with E-state index in [-0.39, 0.29) is 12.3 Å². The molecule has 2 N–H and O–H groups in total. The van der Waals surface area contributed by atoms with Crippen LogP contribution in [0.4, 0.5) is 0 Å². The summed E-state index contributed by atoms with van der Waals surface area (Å²) in [6.07, 6.45) is 7.28. The third-order valence-electron chi connectivity index (χ3n) is 2.95. The Morgan fingerprint density at radius 2 is 1.67 bits per heavy atom. The van der Waals surface area contributed by atoms with Crippen molar-refractivity contribution in [3.8, 4) is 0 Å². The van der Waals surface area contributed by atoms with E-state index in [1.54, 1.807) is 0 Å². The first-order valence-electron chi connectivity index (χ1n) is 7.11. The van der Waals surface area contributed by atoms with Crippen LogP contribution in [0.15, 0.2) is 0 Å². The molecule has 1 amide bonds. The summed E-state index contributed by atoms with van der Waals surface area (Å²) in [5.74, 6) is -0.725. The van der Waals surface area contributed by atoms with E-state index in [1.807, 2.05) is 0 Å². The van der Waals surface area contributed by atoms with Crippen molar-refractivity contribution in [1.29, 1.82) is 0 Å². The minimum atomic E-state index is -0.790. The second kappa shape index (κ2) is 11.1. The van der Waals surface area contributed by atoms with Gasteiger partial charge >= 0.3 is 5.97 Å². The molecule has 18 heavy (non-hydrogen) atoms. The van der Waals surface area contributed by atoms with Crippen molar-refractivity contribution in [2.24, 2.45) is 0 Å². The first-order chi connectivity index (χ1) is 8.60. The van der Waals surface area contributed by atoms with Crippen LogP contribution in [0.1, 0.15) is 71.6 Å². The van der Waals surface area contributed by atoms with Crippen molar-refractivity contribution in [2.45, 2.75) is 77.7 Å². The van der Waals surface area contributed by atoms with Gasteiger partial charge in [0, 0.05) is 18.9 Å². The number of unbranched alkanes of at least 4 members (excludes halogenated alkanes) is 2. The molecule has 1 unspecified atom stereocenters. The predicted molar refractivity (Wildman–Crippen MR) is 72.5 cm³/mol. The quantitative estimate of drug-likeness (QED) is 0.559. The van der Waals surface area contributed by atoms with Crippen LogP contribution in [0.5, 0.6) is 0 Å². The van der Waals surface area contributed by atoms with E-state index in [0.29, 0.717) is 25.3 Å². The Morgan fingerprint density at radius 3 is 2.22 bits per heavy atom. The van der Waals surface area contributed by atoms with Gasteiger partial charge in [-0.3, -0.25) is 9.59 Å². The number of hydrogen-bond donors (Lipinski definition) is 2. The van der Waals surface area contributed by atoms with Crippen molar-refractivity contribution < 1.29 is 14.7 Å². The molecule has 0 bridgehead atoms. The summed E-state index contributed by atoms with van der Waals surface area (Å²) >= 11 is 0. The van der Waals surface area contributed by atoms with E-state index >= 15 is 0 Å². The van der Waals surface area contributed by atoms with Crippen LogP contribution in [0.3, 0.4) is 0 Å². The van der Waals surface area contributed by atoms with E-state index in [2.05, 4.69) is 19.2 Å². The lowest BCUT2D eigenvalue weighted by atomic mass is 10.0. The zero-order valence-corrected chi connectivity index (χ0v) is 11.7. The Labute approximate surface area is 110 Å². The van der Waals surface area contributed by atoms with Gasteiger partial charge in [-0.25, -0.2) is 0 Å². The molecule has 0 fully saturated rings. The molecule has 0 aliphatic carbocycles. The highest BCUT2D eigenvalue weighted by atomic mass is 16.4. The number of nitrogens with one attached hydrogen (secondary N) is 1. The molecule has 106 valence electrons. The van der Waals surface area contributed by atoms with E-state index in [0.717, 1.165) is 32.1 Å². The van der Waals surface area contributed by atoms with Gasteiger partial charge in [-0.05, 0) is 25.7 Å². The maximum absolute atomic E-state index is 11.7. The Balaban J connectivity index is 3.76. The number of carboxylic acids is 1. The largest absolute Gasteiger partial charge is 0.481 e. The summed E-state index contributed by atoms with van der Waals surface area (Å²) in [6.45, 7) is 4.27. The van der Waals surface area contributed by atoms with E-state index < -0.39 is 5.97 Å². The Kier molecular flexibility index (Phi) is 10.4. The number of amides is 1. The van der Waals surface area contributed by atoms with Gasteiger partial charge in [0.25, 0.3) is 0 Å². The Hall–Kier alpha value is -1.06. The van der Waals surface area contributed by atoms with Gasteiger partial charge < -0.3 is 10.4 Å². The molecule has 4 heteroatoms. The van der Waals surface area contributed by atoms with Crippen LogP contribution in [-0.2, 0) is 9.59 Å². The van der Waals surface area contributed by atoms with Gasteiger partial charge in [0.15, 0.2) is 0 Å². The van der Waals surface area contributed by atoms with Crippen LogP contribution in [0.25, 0.3) is 0 Å². The lowest BCUT2D eigenvalue weighted by molar-refractivity contribution is -0.137. The zero-order chi connectivity index (χ0) is 13.8. The molecule has 0 aromatic rings. The fourth-order valence-corrected chi connectivity index (χ4v) is 1.95. The summed E-state index contributed by atoms with van der Waals surface area (Å²) in [4.78, 5) is 22.0. The molecule has 0 aromatic heterocycles. The van der Waals surface area contributed by atoms with Crippen LogP contribution in [-0.4, -0.2) is 23.0 Å². The van der Waals surface area contributed by atoms with Gasteiger partial charge in [0.05, 0.1) is 0 Å². The van der Waals surface area contributed by atoms with Gasteiger partial charge in [0.1, 0.15) is 0 Å². The molecule has 0 saturated carbocycles. The van der Waals surface area contributed by atoms with Gasteiger partial charge in [-0.1, -0.05) is 33.1 Å². The number of aliphatic carboxylic acids is 1. The van der Waals surface area contributed by atoms with Crippen molar-refractivity contribution in [3.05, 3.63) is 0 Å². The average Bonchev–Trinajstić information content (AvgIpc) is 2.31. The smallest absolute Gasteiger partial charge is 0.303 e. The van der Waals surface area contributed by atoms with Crippen molar-refractivity contribution in [3.63, 3.8) is 0 Å². The molecule has 0 saturated heterocycles. The Bertz CT molecular complexity index is 241. The summed E-state index contributed by atoms with van der Waals surface area (Å²) in [5.41, 5.74) is 0. The first-order valence-corrected chi connectivity index (χ1v) is 7.11. The van der Waals surface area contributed by atoms with Gasteiger partial charge in [-0.2, -0.15) is 0 Å². The predicted octanol–water partition coefficient (Wildman–Crippen LogP) is 3.11. The number of carboxylic acid groups (broad SMARTS) is 1. The maximum atomic E-state index is 11.7.